The number of nitrogens with zero attached hydrogens (tertiary/aromatic N) is 1. The molecule has 0 radical (unpaired) electrons. The van der Waals surface area contributed by atoms with Gasteiger partial charge in [-0.1, -0.05) is 18.2 Å². The van der Waals surface area contributed by atoms with E-state index >= 15 is 0 Å². The minimum absolute atomic E-state index is 0.0740. The molecular weight excluding hydrogens is 316 g/mol. The van der Waals surface area contributed by atoms with Gasteiger partial charge in [0.05, 0.1) is 19.8 Å². The van der Waals surface area contributed by atoms with Crippen LogP contribution in [0.2, 0.25) is 0 Å². The molecule has 0 aliphatic heterocycles. The van der Waals surface area contributed by atoms with Crippen LogP contribution in [0.25, 0.3) is 0 Å². The minimum atomic E-state index is -0.109. The van der Waals surface area contributed by atoms with Crippen LogP contribution in [-0.2, 0) is 0 Å². The van der Waals surface area contributed by atoms with Gasteiger partial charge in [0.2, 0.25) is 0 Å². The first-order chi connectivity index (χ1) is 12.0. The second-order valence-corrected chi connectivity index (χ2v) is 5.92. The predicted molar refractivity (Wildman–Crippen MR) is 99.4 cm³/mol. The van der Waals surface area contributed by atoms with Gasteiger partial charge in [-0.2, -0.15) is 0 Å². The fourth-order valence-corrected chi connectivity index (χ4v) is 2.61. The first-order valence-corrected chi connectivity index (χ1v) is 8.36. The molecule has 0 saturated carbocycles. The summed E-state index contributed by atoms with van der Waals surface area (Å²) in [6.07, 6.45) is 0. The Balaban J connectivity index is 2.05. The highest BCUT2D eigenvalue weighted by molar-refractivity contribution is 5.94. The number of amides is 1. The molecule has 1 unspecified atom stereocenters. The summed E-state index contributed by atoms with van der Waals surface area (Å²) in [5, 5.41) is 3.01. The number of rotatable bonds is 8. The molecule has 0 saturated heterocycles. The van der Waals surface area contributed by atoms with Crippen molar-refractivity contribution in [3.63, 3.8) is 0 Å². The van der Waals surface area contributed by atoms with E-state index in [-0.39, 0.29) is 11.9 Å². The lowest BCUT2D eigenvalue weighted by molar-refractivity contribution is 0.0941. The van der Waals surface area contributed by atoms with Gasteiger partial charge < -0.3 is 19.7 Å². The van der Waals surface area contributed by atoms with Crippen molar-refractivity contribution in [3.8, 4) is 11.5 Å². The molecule has 2 aromatic rings. The van der Waals surface area contributed by atoms with Crippen molar-refractivity contribution in [1.82, 2.24) is 10.2 Å². The van der Waals surface area contributed by atoms with E-state index < -0.39 is 0 Å². The maximum absolute atomic E-state index is 12.5. The normalized spacial score (nSPS) is 11.9. The molecule has 0 bridgehead atoms. The first kappa shape index (κ1) is 18.8. The number of carbonyl (C=O) groups excluding carboxylic acids is 1. The lowest BCUT2D eigenvalue weighted by Gasteiger charge is -2.25. The van der Waals surface area contributed by atoms with Crippen molar-refractivity contribution in [3.05, 3.63) is 59.7 Å². The van der Waals surface area contributed by atoms with Gasteiger partial charge in [-0.05, 0) is 56.9 Å². The van der Waals surface area contributed by atoms with Crippen molar-refractivity contribution >= 4 is 5.91 Å². The van der Waals surface area contributed by atoms with Gasteiger partial charge in [0.1, 0.15) is 11.5 Å². The second kappa shape index (κ2) is 9.08. The molecule has 0 aliphatic carbocycles. The van der Waals surface area contributed by atoms with E-state index in [0.717, 1.165) is 11.3 Å². The number of methoxy groups -OCH3 is 1. The Kier molecular flexibility index (Phi) is 6.83. The number of likely N-dealkylation sites (N-methyl/N-ethyl adjacent to an activating group) is 1. The van der Waals surface area contributed by atoms with Crippen LogP contribution in [0, 0.1) is 0 Å². The molecule has 1 amide bonds. The number of benzene rings is 2. The van der Waals surface area contributed by atoms with Crippen LogP contribution in [0.1, 0.15) is 28.9 Å². The van der Waals surface area contributed by atoms with E-state index in [1.54, 1.807) is 19.2 Å². The fraction of sp³-hybridized carbons (Fsp3) is 0.350. The number of nitrogens with one attached hydrogen (secondary N) is 1. The summed E-state index contributed by atoms with van der Waals surface area (Å²) in [7, 11) is 5.64. The largest absolute Gasteiger partial charge is 0.497 e. The molecule has 1 atom stereocenters. The Labute approximate surface area is 149 Å². The Hall–Kier alpha value is -2.53. The van der Waals surface area contributed by atoms with E-state index in [9.17, 15) is 4.79 Å². The fourth-order valence-electron chi connectivity index (χ4n) is 2.61. The van der Waals surface area contributed by atoms with Gasteiger partial charge in [0, 0.05) is 12.1 Å². The molecule has 25 heavy (non-hydrogen) atoms. The highest BCUT2D eigenvalue weighted by Gasteiger charge is 2.16. The Morgan fingerprint density at radius 3 is 2.44 bits per heavy atom. The van der Waals surface area contributed by atoms with Gasteiger partial charge in [-0.25, -0.2) is 0 Å². The summed E-state index contributed by atoms with van der Waals surface area (Å²) in [5.74, 6) is 1.41. The SMILES string of the molecule is CCOc1cccc(C(=O)NCC(c2ccc(OC)cc2)N(C)C)c1. The van der Waals surface area contributed by atoms with Crippen molar-refractivity contribution in [2.75, 3.05) is 34.4 Å². The summed E-state index contributed by atoms with van der Waals surface area (Å²) in [6.45, 7) is 3.01. The van der Waals surface area contributed by atoms with Gasteiger partial charge in [-0.15, -0.1) is 0 Å². The van der Waals surface area contributed by atoms with E-state index in [1.807, 2.05) is 57.4 Å². The van der Waals surface area contributed by atoms with Gasteiger partial charge in [-0.3, -0.25) is 4.79 Å². The molecular formula is C20H26N2O3. The molecule has 0 heterocycles. The average molecular weight is 342 g/mol. The van der Waals surface area contributed by atoms with Crippen LogP contribution in [0.5, 0.6) is 11.5 Å². The third-order valence-electron chi connectivity index (χ3n) is 3.99. The zero-order chi connectivity index (χ0) is 18.2. The van der Waals surface area contributed by atoms with E-state index in [0.29, 0.717) is 24.5 Å². The summed E-state index contributed by atoms with van der Waals surface area (Å²) in [4.78, 5) is 14.5. The van der Waals surface area contributed by atoms with Crippen LogP contribution >= 0.6 is 0 Å². The average Bonchev–Trinajstić information content (AvgIpc) is 2.62. The first-order valence-electron chi connectivity index (χ1n) is 8.36. The topological polar surface area (TPSA) is 50.8 Å². The summed E-state index contributed by atoms with van der Waals surface area (Å²) >= 11 is 0. The molecule has 0 aromatic heterocycles. The number of hydrogen-bond donors (Lipinski definition) is 1. The Morgan fingerprint density at radius 1 is 1.12 bits per heavy atom. The van der Waals surface area contributed by atoms with Crippen molar-refractivity contribution < 1.29 is 14.3 Å². The second-order valence-electron chi connectivity index (χ2n) is 5.92. The van der Waals surface area contributed by atoms with Crippen LogP contribution in [0.4, 0.5) is 0 Å². The van der Waals surface area contributed by atoms with Gasteiger partial charge in [0.15, 0.2) is 0 Å². The third kappa shape index (κ3) is 5.22. The predicted octanol–water partition coefficient (Wildman–Crippen LogP) is 3.13. The highest BCUT2D eigenvalue weighted by atomic mass is 16.5. The molecule has 134 valence electrons. The molecule has 0 spiro atoms. The standard InChI is InChI=1S/C20H26N2O3/c1-5-25-18-8-6-7-16(13-18)20(23)21-14-19(22(2)3)15-9-11-17(24-4)12-10-15/h6-13,19H,5,14H2,1-4H3,(H,21,23). The molecule has 0 aliphatic rings. The summed E-state index contributed by atoms with van der Waals surface area (Å²) in [5.41, 5.74) is 1.72. The third-order valence-corrected chi connectivity index (χ3v) is 3.99. The van der Waals surface area contributed by atoms with E-state index in [4.69, 9.17) is 9.47 Å². The van der Waals surface area contributed by atoms with Crippen LogP contribution in [0.15, 0.2) is 48.5 Å². The molecule has 0 fully saturated rings. The lowest BCUT2D eigenvalue weighted by atomic mass is 10.1. The molecule has 1 N–H and O–H groups in total. The lowest BCUT2D eigenvalue weighted by Crippen LogP contribution is -2.34. The maximum atomic E-state index is 12.5. The van der Waals surface area contributed by atoms with Gasteiger partial charge >= 0.3 is 0 Å². The van der Waals surface area contributed by atoms with Crippen LogP contribution in [0.3, 0.4) is 0 Å². The molecule has 2 rings (SSSR count). The van der Waals surface area contributed by atoms with E-state index in [2.05, 4.69) is 10.2 Å². The number of ether oxygens (including phenoxy) is 2. The van der Waals surface area contributed by atoms with Crippen molar-refractivity contribution in [1.29, 1.82) is 0 Å². The summed E-state index contributed by atoms with van der Waals surface area (Å²) < 4.78 is 10.7. The Bertz CT molecular complexity index is 684. The smallest absolute Gasteiger partial charge is 0.251 e. The minimum Gasteiger partial charge on any atom is -0.497 e. The quantitative estimate of drug-likeness (QED) is 0.801. The van der Waals surface area contributed by atoms with E-state index in [1.165, 1.54) is 0 Å². The maximum Gasteiger partial charge on any atom is 0.251 e. The van der Waals surface area contributed by atoms with Crippen LogP contribution < -0.4 is 14.8 Å². The van der Waals surface area contributed by atoms with Gasteiger partial charge in [0.25, 0.3) is 5.91 Å². The number of carbonyl (C=O) groups is 1. The molecule has 5 heteroatoms. The van der Waals surface area contributed by atoms with Crippen LogP contribution in [-0.4, -0.2) is 45.2 Å². The monoisotopic (exact) mass is 342 g/mol. The van der Waals surface area contributed by atoms with Crippen molar-refractivity contribution in [2.24, 2.45) is 0 Å². The zero-order valence-corrected chi connectivity index (χ0v) is 15.3. The van der Waals surface area contributed by atoms with Crippen molar-refractivity contribution in [2.45, 2.75) is 13.0 Å². The number of hydrogen-bond acceptors (Lipinski definition) is 4. The highest BCUT2D eigenvalue weighted by Crippen LogP contribution is 2.21. The molecule has 5 nitrogen and oxygen atoms in total. The Morgan fingerprint density at radius 2 is 1.84 bits per heavy atom. The summed E-state index contributed by atoms with van der Waals surface area (Å²) in [6, 6.07) is 15.2. The molecule has 2 aromatic carbocycles. The zero-order valence-electron chi connectivity index (χ0n) is 15.3.